The van der Waals surface area contributed by atoms with Gasteiger partial charge in [-0.05, 0) is 25.0 Å². The summed E-state index contributed by atoms with van der Waals surface area (Å²) in [5.41, 5.74) is 0.802. The Morgan fingerprint density at radius 2 is 2.21 bits per heavy atom. The first-order chi connectivity index (χ1) is 6.68. The molecule has 1 aliphatic rings. The zero-order valence-electron chi connectivity index (χ0n) is 7.66. The van der Waals surface area contributed by atoms with Crippen molar-refractivity contribution in [2.24, 2.45) is 5.90 Å². The number of nitrogens with two attached hydrogens (primary N) is 1. The summed E-state index contributed by atoms with van der Waals surface area (Å²) in [6.07, 6.45) is 2.00. The summed E-state index contributed by atoms with van der Waals surface area (Å²) >= 11 is 5.75. The predicted octanol–water partition coefficient (Wildman–Crippen LogP) is 1.97. The second kappa shape index (κ2) is 3.42. The lowest BCUT2D eigenvalue weighted by Gasteiger charge is -2.15. The van der Waals surface area contributed by atoms with Crippen LogP contribution in [0, 0.1) is 0 Å². The van der Waals surface area contributed by atoms with Crippen LogP contribution in [0.4, 0.5) is 0 Å². The molecule has 0 aliphatic heterocycles. The average Bonchev–Trinajstić information content (AvgIpc) is 2.86. The number of halogens is 1. The number of phenols is 1. The monoisotopic (exact) mass is 213 g/mol. The van der Waals surface area contributed by atoms with Crippen molar-refractivity contribution < 1.29 is 9.94 Å². The standard InChI is InChI=1S/C10H12ClNO2/c11-7-1-2-8(9(13)5-7)10(3-4-10)6-14-12/h1-2,5,13H,3-4,6,12H2. The number of benzene rings is 1. The predicted molar refractivity (Wildman–Crippen MR) is 54.2 cm³/mol. The Labute approximate surface area is 87.4 Å². The van der Waals surface area contributed by atoms with E-state index in [9.17, 15) is 5.11 Å². The van der Waals surface area contributed by atoms with Gasteiger partial charge in [-0.1, -0.05) is 17.7 Å². The third kappa shape index (κ3) is 1.59. The summed E-state index contributed by atoms with van der Waals surface area (Å²) in [7, 11) is 0. The molecule has 0 spiro atoms. The van der Waals surface area contributed by atoms with Crippen molar-refractivity contribution in [3.63, 3.8) is 0 Å². The average molecular weight is 214 g/mol. The van der Waals surface area contributed by atoms with E-state index in [1.54, 1.807) is 12.1 Å². The van der Waals surface area contributed by atoms with Crippen LogP contribution in [0.1, 0.15) is 18.4 Å². The molecule has 3 N–H and O–H groups in total. The zero-order chi connectivity index (χ0) is 10.2. The SMILES string of the molecule is NOCC1(c2ccc(Cl)cc2O)CC1. The lowest BCUT2D eigenvalue weighted by molar-refractivity contribution is 0.115. The molecule has 0 bridgehead atoms. The van der Waals surface area contributed by atoms with Crippen LogP contribution in [0.2, 0.25) is 5.02 Å². The Kier molecular flexibility index (Phi) is 2.39. The Morgan fingerprint density at radius 1 is 1.50 bits per heavy atom. The van der Waals surface area contributed by atoms with E-state index >= 15 is 0 Å². The maximum Gasteiger partial charge on any atom is 0.120 e. The molecule has 0 unspecified atom stereocenters. The molecule has 4 heteroatoms. The van der Waals surface area contributed by atoms with Crippen molar-refractivity contribution >= 4 is 11.6 Å². The van der Waals surface area contributed by atoms with Gasteiger partial charge >= 0.3 is 0 Å². The van der Waals surface area contributed by atoms with Crippen LogP contribution in [0.25, 0.3) is 0 Å². The van der Waals surface area contributed by atoms with Crippen molar-refractivity contribution in [1.29, 1.82) is 0 Å². The minimum absolute atomic E-state index is 0.0799. The van der Waals surface area contributed by atoms with Crippen molar-refractivity contribution in [3.8, 4) is 5.75 Å². The summed E-state index contributed by atoms with van der Waals surface area (Å²) in [6.45, 7) is 0.447. The fourth-order valence-corrected chi connectivity index (χ4v) is 1.92. The smallest absolute Gasteiger partial charge is 0.120 e. The van der Waals surface area contributed by atoms with Gasteiger partial charge in [0, 0.05) is 16.0 Å². The number of hydrogen-bond donors (Lipinski definition) is 2. The minimum atomic E-state index is -0.0799. The van der Waals surface area contributed by atoms with Crippen LogP contribution in [0.3, 0.4) is 0 Å². The van der Waals surface area contributed by atoms with E-state index in [2.05, 4.69) is 4.84 Å². The summed E-state index contributed by atoms with van der Waals surface area (Å²) < 4.78 is 0. The number of aromatic hydroxyl groups is 1. The van der Waals surface area contributed by atoms with Crippen LogP contribution in [0.5, 0.6) is 5.75 Å². The highest BCUT2D eigenvalue weighted by Gasteiger charge is 2.46. The molecule has 1 aliphatic carbocycles. The molecule has 1 fully saturated rings. The second-order valence-electron chi connectivity index (χ2n) is 3.75. The third-order valence-corrected chi connectivity index (χ3v) is 2.98. The Bertz CT molecular complexity index is 350. The molecular formula is C10H12ClNO2. The molecule has 0 heterocycles. The van der Waals surface area contributed by atoms with Crippen molar-refractivity contribution in [1.82, 2.24) is 0 Å². The fourth-order valence-electron chi connectivity index (χ4n) is 1.76. The molecule has 0 aromatic heterocycles. The molecule has 0 radical (unpaired) electrons. The molecule has 1 aromatic carbocycles. The maximum atomic E-state index is 9.71. The lowest BCUT2D eigenvalue weighted by Crippen LogP contribution is -2.18. The topological polar surface area (TPSA) is 55.5 Å². The van der Waals surface area contributed by atoms with Gasteiger partial charge in [-0.2, -0.15) is 0 Å². The Morgan fingerprint density at radius 3 is 2.71 bits per heavy atom. The van der Waals surface area contributed by atoms with E-state index in [1.807, 2.05) is 6.07 Å². The van der Waals surface area contributed by atoms with Crippen LogP contribution < -0.4 is 5.90 Å². The first-order valence-corrected chi connectivity index (χ1v) is 4.86. The highest BCUT2D eigenvalue weighted by atomic mass is 35.5. The highest BCUT2D eigenvalue weighted by Crippen LogP contribution is 2.51. The van der Waals surface area contributed by atoms with Gasteiger partial charge in [0.05, 0.1) is 6.61 Å². The molecule has 3 nitrogen and oxygen atoms in total. The molecule has 0 saturated heterocycles. The lowest BCUT2D eigenvalue weighted by atomic mass is 9.96. The van der Waals surface area contributed by atoms with E-state index in [1.165, 1.54) is 0 Å². The van der Waals surface area contributed by atoms with Gasteiger partial charge in [0.2, 0.25) is 0 Å². The van der Waals surface area contributed by atoms with Crippen molar-refractivity contribution in [2.75, 3.05) is 6.61 Å². The summed E-state index contributed by atoms with van der Waals surface area (Å²) in [4.78, 5) is 4.66. The fraction of sp³-hybridized carbons (Fsp3) is 0.400. The van der Waals surface area contributed by atoms with E-state index in [4.69, 9.17) is 17.5 Å². The van der Waals surface area contributed by atoms with Crippen molar-refractivity contribution in [2.45, 2.75) is 18.3 Å². The summed E-state index contributed by atoms with van der Waals surface area (Å²) in [5.74, 6) is 5.29. The molecule has 14 heavy (non-hydrogen) atoms. The van der Waals surface area contributed by atoms with Crippen LogP contribution >= 0.6 is 11.6 Å². The summed E-state index contributed by atoms with van der Waals surface area (Å²) in [5, 5.41) is 10.3. The van der Waals surface area contributed by atoms with E-state index < -0.39 is 0 Å². The van der Waals surface area contributed by atoms with Crippen LogP contribution in [-0.4, -0.2) is 11.7 Å². The number of phenolic OH excluding ortho intramolecular Hbond substituents is 1. The normalized spacial score (nSPS) is 18.1. The minimum Gasteiger partial charge on any atom is -0.508 e. The quantitative estimate of drug-likeness (QED) is 0.755. The first-order valence-electron chi connectivity index (χ1n) is 4.49. The molecular weight excluding hydrogens is 202 g/mol. The van der Waals surface area contributed by atoms with E-state index in [-0.39, 0.29) is 11.2 Å². The zero-order valence-corrected chi connectivity index (χ0v) is 8.42. The largest absolute Gasteiger partial charge is 0.508 e. The van der Waals surface area contributed by atoms with Gasteiger partial charge < -0.3 is 9.94 Å². The van der Waals surface area contributed by atoms with Gasteiger partial charge in [0.25, 0.3) is 0 Å². The number of hydrogen-bond acceptors (Lipinski definition) is 3. The van der Waals surface area contributed by atoms with Crippen molar-refractivity contribution in [3.05, 3.63) is 28.8 Å². The molecule has 0 amide bonds. The van der Waals surface area contributed by atoms with Gasteiger partial charge in [-0.3, -0.25) is 0 Å². The molecule has 0 atom stereocenters. The molecule has 1 saturated carbocycles. The van der Waals surface area contributed by atoms with E-state index in [0.29, 0.717) is 11.6 Å². The van der Waals surface area contributed by atoms with Gasteiger partial charge in [0.15, 0.2) is 0 Å². The van der Waals surface area contributed by atoms with Crippen LogP contribution in [0.15, 0.2) is 18.2 Å². The Hall–Kier alpha value is -0.770. The van der Waals surface area contributed by atoms with Gasteiger partial charge in [0.1, 0.15) is 5.75 Å². The highest BCUT2D eigenvalue weighted by molar-refractivity contribution is 6.30. The van der Waals surface area contributed by atoms with Gasteiger partial charge in [-0.25, -0.2) is 5.90 Å². The summed E-state index contributed by atoms with van der Waals surface area (Å²) in [6, 6.07) is 5.16. The first kappa shape index (κ1) is 9.77. The molecule has 1 aromatic rings. The van der Waals surface area contributed by atoms with E-state index in [0.717, 1.165) is 18.4 Å². The maximum absolute atomic E-state index is 9.71. The number of rotatable bonds is 3. The second-order valence-corrected chi connectivity index (χ2v) is 4.19. The third-order valence-electron chi connectivity index (χ3n) is 2.74. The Balaban J connectivity index is 2.32. The molecule has 76 valence electrons. The molecule has 2 rings (SSSR count). The van der Waals surface area contributed by atoms with Crippen LogP contribution in [-0.2, 0) is 10.3 Å². The van der Waals surface area contributed by atoms with Gasteiger partial charge in [-0.15, -0.1) is 0 Å².